The minimum Gasteiger partial charge on any atom is -0.508 e. The number of nitrogen functional groups attached to an aromatic ring is 1. The number of ketones is 1. The van der Waals surface area contributed by atoms with Gasteiger partial charge in [-0.2, -0.15) is 13.2 Å². The summed E-state index contributed by atoms with van der Waals surface area (Å²) in [5.41, 5.74) is 5.65. The fourth-order valence-corrected chi connectivity index (χ4v) is 2.97. The molecule has 0 saturated carbocycles. The molecule has 0 atom stereocenters. The Morgan fingerprint density at radius 1 is 1.20 bits per heavy atom. The highest BCUT2D eigenvalue weighted by Gasteiger charge is 2.34. The Morgan fingerprint density at radius 3 is 2.46 bits per heavy atom. The third-order valence-electron chi connectivity index (χ3n) is 4.52. The summed E-state index contributed by atoms with van der Waals surface area (Å²) >= 11 is 5.83. The van der Waals surface area contributed by atoms with E-state index >= 15 is 0 Å². The average molecular weight is 514 g/mol. The van der Waals surface area contributed by atoms with E-state index in [0.29, 0.717) is 24.1 Å². The normalized spacial score (nSPS) is 13.0. The maximum Gasteiger partial charge on any atom is 0.413 e. The van der Waals surface area contributed by atoms with E-state index in [2.05, 4.69) is 0 Å². The van der Waals surface area contributed by atoms with Crippen molar-refractivity contribution in [1.82, 2.24) is 0 Å². The lowest BCUT2D eigenvalue weighted by Crippen LogP contribution is -2.11. The van der Waals surface area contributed by atoms with E-state index in [-0.39, 0.29) is 41.7 Å². The zero-order valence-corrected chi connectivity index (χ0v) is 18.6. The molecule has 3 rings (SSSR count). The van der Waals surface area contributed by atoms with E-state index in [4.69, 9.17) is 27.2 Å². The Labute approximate surface area is 205 Å². The Kier molecular flexibility index (Phi) is 10.7. The van der Waals surface area contributed by atoms with Crippen molar-refractivity contribution in [2.45, 2.75) is 26.9 Å². The number of aryl methyl sites for hydroxylation is 1. The van der Waals surface area contributed by atoms with E-state index in [1.165, 1.54) is 18.2 Å². The summed E-state index contributed by atoms with van der Waals surface area (Å²) in [5.74, 6) is -1.68. The number of anilines is 1. The number of carbonyl (C=O) groups excluding carboxylic acids is 2. The molecule has 35 heavy (non-hydrogen) atoms. The SMILES string of the molecule is C.Cc1cc(O)ccc1N.O=CCOc1ccc(Cl)cc1C(=O)C1=CCC(C(F)(F)F)=CC(F)=C1. The van der Waals surface area contributed by atoms with Crippen LogP contribution in [0.15, 0.2) is 71.6 Å². The molecular weight excluding hydrogens is 490 g/mol. The van der Waals surface area contributed by atoms with Gasteiger partial charge in [0.1, 0.15) is 23.9 Å². The number of ether oxygens (including phenoxy) is 1. The number of phenolic OH excluding ortho intramolecular Hbond substituents is 1. The van der Waals surface area contributed by atoms with Crippen LogP contribution in [0.5, 0.6) is 11.5 Å². The number of hydrogen-bond acceptors (Lipinski definition) is 5. The number of halogens is 5. The van der Waals surface area contributed by atoms with Crippen molar-refractivity contribution in [2.75, 3.05) is 12.3 Å². The molecule has 188 valence electrons. The molecule has 10 heteroatoms. The van der Waals surface area contributed by atoms with Crippen molar-refractivity contribution >= 4 is 29.4 Å². The molecule has 3 N–H and O–H groups in total. The standard InChI is InChI=1S/C17H11ClF4O3.C7H9NO.CH4/c18-12-3-4-15(25-6-5-23)14(9-12)16(24)10-1-2-11(17(20,21)22)8-13(19)7-10;1-5-4-6(9)2-3-7(5)8;/h1,3-5,7-9H,2,6H2;2-4,9H,8H2,1H3;1H4. The van der Waals surface area contributed by atoms with Crippen molar-refractivity contribution in [1.29, 1.82) is 0 Å². The lowest BCUT2D eigenvalue weighted by Gasteiger charge is -2.10. The summed E-state index contributed by atoms with van der Waals surface area (Å²) in [6.07, 6.45) is -2.84. The Hall–Kier alpha value is -3.59. The highest BCUT2D eigenvalue weighted by molar-refractivity contribution is 6.31. The smallest absolute Gasteiger partial charge is 0.413 e. The van der Waals surface area contributed by atoms with Gasteiger partial charge in [0.15, 0.2) is 12.1 Å². The van der Waals surface area contributed by atoms with Gasteiger partial charge in [-0.15, -0.1) is 0 Å². The first-order valence-electron chi connectivity index (χ1n) is 9.73. The summed E-state index contributed by atoms with van der Waals surface area (Å²) in [6.45, 7) is 1.53. The molecule has 0 aliphatic heterocycles. The third kappa shape index (κ3) is 8.60. The number of allylic oxidation sites excluding steroid dienone is 6. The van der Waals surface area contributed by atoms with Crippen LogP contribution in [0.1, 0.15) is 29.8 Å². The molecule has 0 amide bonds. The number of nitrogens with two attached hydrogens (primary N) is 1. The molecule has 0 unspecified atom stereocenters. The first kappa shape index (κ1) is 29.4. The summed E-state index contributed by atoms with van der Waals surface area (Å²) in [5, 5.41) is 9.06. The summed E-state index contributed by atoms with van der Waals surface area (Å²) in [7, 11) is 0. The van der Waals surface area contributed by atoms with Crippen molar-refractivity contribution in [3.8, 4) is 11.5 Å². The minimum atomic E-state index is -4.70. The van der Waals surface area contributed by atoms with Gasteiger partial charge in [0.25, 0.3) is 0 Å². The molecule has 0 fully saturated rings. The quantitative estimate of drug-likeness (QED) is 0.153. The predicted octanol–water partition coefficient (Wildman–Crippen LogP) is 6.69. The molecule has 1 aliphatic carbocycles. The fraction of sp³-hybridized carbons (Fsp3) is 0.200. The molecule has 0 radical (unpaired) electrons. The molecule has 0 saturated heterocycles. The summed E-state index contributed by atoms with van der Waals surface area (Å²) in [6, 6.07) is 8.89. The van der Waals surface area contributed by atoms with Gasteiger partial charge in [-0.3, -0.25) is 9.59 Å². The number of rotatable bonds is 5. The van der Waals surface area contributed by atoms with Crippen LogP contribution in [0, 0.1) is 6.92 Å². The lowest BCUT2D eigenvalue weighted by atomic mass is 10.0. The van der Waals surface area contributed by atoms with Gasteiger partial charge in [0.2, 0.25) is 0 Å². The van der Waals surface area contributed by atoms with E-state index in [1.54, 1.807) is 18.2 Å². The lowest BCUT2D eigenvalue weighted by molar-refractivity contribution is -0.109. The number of alkyl halides is 3. The largest absolute Gasteiger partial charge is 0.508 e. The second kappa shape index (κ2) is 12.8. The zero-order chi connectivity index (χ0) is 25.5. The molecular formula is C25H24ClF4NO4. The van der Waals surface area contributed by atoms with Crippen LogP contribution in [0.4, 0.5) is 23.2 Å². The van der Waals surface area contributed by atoms with Crippen LogP contribution in [0.25, 0.3) is 0 Å². The molecule has 0 spiro atoms. The highest BCUT2D eigenvalue weighted by atomic mass is 35.5. The van der Waals surface area contributed by atoms with Crippen LogP contribution < -0.4 is 10.5 Å². The van der Waals surface area contributed by atoms with Gasteiger partial charge in [-0.05, 0) is 67.5 Å². The van der Waals surface area contributed by atoms with E-state index < -0.39 is 29.8 Å². The summed E-state index contributed by atoms with van der Waals surface area (Å²) < 4.78 is 57.1. The van der Waals surface area contributed by atoms with Crippen LogP contribution in [-0.4, -0.2) is 30.0 Å². The van der Waals surface area contributed by atoms with Gasteiger partial charge in [0.05, 0.1) is 5.56 Å². The summed E-state index contributed by atoms with van der Waals surface area (Å²) in [4.78, 5) is 23.0. The number of aromatic hydroxyl groups is 1. The van der Waals surface area contributed by atoms with Crippen molar-refractivity contribution in [3.63, 3.8) is 0 Å². The maximum absolute atomic E-state index is 13.7. The second-order valence-corrected chi connectivity index (χ2v) is 7.48. The Balaban J connectivity index is 0.000000516. The topological polar surface area (TPSA) is 89.6 Å². The predicted molar refractivity (Wildman–Crippen MR) is 127 cm³/mol. The van der Waals surface area contributed by atoms with Crippen molar-refractivity contribution in [3.05, 3.63) is 87.7 Å². The van der Waals surface area contributed by atoms with Gasteiger partial charge < -0.3 is 15.6 Å². The fourth-order valence-electron chi connectivity index (χ4n) is 2.79. The van der Waals surface area contributed by atoms with Gasteiger partial charge in [-0.25, -0.2) is 4.39 Å². The highest BCUT2D eigenvalue weighted by Crippen LogP contribution is 2.33. The number of hydrogen-bond donors (Lipinski definition) is 2. The van der Waals surface area contributed by atoms with Crippen LogP contribution >= 0.6 is 11.6 Å². The average Bonchev–Trinajstić information content (AvgIpc) is 2.97. The monoisotopic (exact) mass is 513 g/mol. The first-order chi connectivity index (χ1) is 15.9. The van der Waals surface area contributed by atoms with E-state index in [9.17, 15) is 27.2 Å². The third-order valence-corrected chi connectivity index (χ3v) is 4.76. The van der Waals surface area contributed by atoms with E-state index in [1.807, 2.05) is 6.92 Å². The maximum atomic E-state index is 13.7. The first-order valence-corrected chi connectivity index (χ1v) is 10.1. The molecule has 2 aromatic rings. The number of aldehydes is 1. The molecule has 2 aromatic carbocycles. The van der Waals surface area contributed by atoms with Crippen molar-refractivity contribution in [2.24, 2.45) is 0 Å². The molecule has 0 aromatic heterocycles. The second-order valence-electron chi connectivity index (χ2n) is 7.05. The molecule has 1 aliphatic rings. The van der Waals surface area contributed by atoms with Gasteiger partial charge in [-0.1, -0.05) is 25.1 Å². The van der Waals surface area contributed by atoms with E-state index in [0.717, 1.165) is 11.6 Å². The molecule has 0 bridgehead atoms. The van der Waals surface area contributed by atoms with Gasteiger partial charge in [0, 0.05) is 21.9 Å². The molecule has 0 heterocycles. The minimum absolute atomic E-state index is 0. The Bertz CT molecular complexity index is 1170. The van der Waals surface area contributed by atoms with Gasteiger partial charge >= 0.3 is 6.18 Å². The van der Waals surface area contributed by atoms with Crippen molar-refractivity contribution < 1.29 is 37.0 Å². The molecule has 5 nitrogen and oxygen atoms in total. The number of Topliss-reactive ketones (excluding diaryl/α,β-unsaturated/α-hetero) is 1. The zero-order valence-electron chi connectivity index (χ0n) is 17.8. The number of carbonyl (C=O) groups is 2. The Morgan fingerprint density at radius 2 is 1.89 bits per heavy atom. The van der Waals surface area contributed by atoms with Crippen LogP contribution in [0.3, 0.4) is 0 Å². The van der Waals surface area contributed by atoms with Crippen LogP contribution in [-0.2, 0) is 4.79 Å². The number of phenols is 1. The van der Waals surface area contributed by atoms with Crippen LogP contribution in [0.2, 0.25) is 5.02 Å². The number of benzene rings is 2.